The van der Waals surface area contributed by atoms with Crippen LogP contribution < -0.4 is 0 Å². The third kappa shape index (κ3) is 4.10. The molecule has 1 N–H and O–H groups in total. The van der Waals surface area contributed by atoms with Crippen LogP contribution in [-0.2, 0) is 4.74 Å². The number of piperidine rings is 1. The lowest BCUT2D eigenvalue weighted by Gasteiger charge is -2.37. The molecule has 0 bridgehead atoms. The number of benzene rings is 2. The van der Waals surface area contributed by atoms with Gasteiger partial charge in [0.15, 0.2) is 0 Å². The number of carbonyl (C=O) groups excluding carboxylic acids is 1. The summed E-state index contributed by atoms with van der Waals surface area (Å²) in [4.78, 5) is 14.6. The number of amides is 1. The van der Waals surface area contributed by atoms with Crippen molar-refractivity contribution in [3.63, 3.8) is 0 Å². The van der Waals surface area contributed by atoms with E-state index in [0.717, 1.165) is 25.7 Å². The summed E-state index contributed by atoms with van der Waals surface area (Å²) in [6.07, 6.45) is 7.47. The molecule has 1 unspecified atom stereocenters. The van der Waals surface area contributed by atoms with Crippen LogP contribution in [0.1, 0.15) is 62.0 Å². The number of aliphatic hydroxyl groups is 1. The van der Waals surface area contributed by atoms with Gasteiger partial charge < -0.3 is 14.7 Å². The summed E-state index contributed by atoms with van der Waals surface area (Å²) < 4.78 is 5.82. The summed E-state index contributed by atoms with van der Waals surface area (Å²) >= 11 is 0. The number of aliphatic hydroxyl groups excluding tert-OH is 1. The molecule has 4 nitrogen and oxygen atoms in total. The highest BCUT2D eigenvalue weighted by Crippen LogP contribution is 2.44. The smallest absolute Gasteiger partial charge is 0.409 e. The van der Waals surface area contributed by atoms with Gasteiger partial charge in [0.25, 0.3) is 0 Å². The first-order valence-corrected chi connectivity index (χ1v) is 12.0. The first kappa shape index (κ1) is 20.6. The van der Waals surface area contributed by atoms with Gasteiger partial charge in [0.1, 0.15) is 6.61 Å². The first-order valence-electron chi connectivity index (χ1n) is 12.0. The number of fused-ring (bicyclic) bond motifs is 3. The number of ether oxygens (including phenoxy) is 1. The zero-order valence-corrected chi connectivity index (χ0v) is 18.2. The average molecular weight is 420 g/mol. The molecule has 3 aliphatic rings. The lowest BCUT2D eigenvalue weighted by molar-refractivity contribution is 0.00383. The summed E-state index contributed by atoms with van der Waals surface area (Å²) in [6, 6.07) is 16.8. The zero-order valence-electron chi connectivity index (χ0n) is 18.2. The van der Waals surface area contributed by atoms with Crippen LogP contribution in [0.25, 0.3) is 11.1 Å². The Morgan fingerprint density at radius 3 is 2.03 bits per heavy atom. The third-order valence-corrected chi connectivity index (χ3v) is 7.75. The van der Waals surface area contributed by atoms with Gasteiger partial charge in [0.2, 0.25) is 0 Å². The van der Waals surface area contributed by atoms with E-state index in [1.165, 1.54) is 41.5 Å². The molecule has 1 aliphatic heterocycles. The molecule has 0 aromatic heterocycles. The van der Waals surface area contributed by atoms with E-state index in [9.17, 15) is 9.90 Å². The van der Waals surface area contributed by atoms with Crippen molar-refractivity contribution < 1.29 is 14.6 Å². The van der Waals surface area contributed by atoms with Gasteiger partial charge in [0.05, 0.1) is 6.10 Å². The van der Waals surface area contributed by atoms with E-state index in [2.05, 4.69) is 48.5 Å². The van der Waals surface area contributed by atoms with Crippen molar-refractivity contribution in [2.45, 2.75) is 57.0 Å². The fourth-order valence-corrected chi connectivity index (χ4v) is 5.97. The molecule has 164 valence electrons. The molecule has 0 spiro atoms. The van der Waals surface area contributed by atoms with Gasteiger partial charge in [-0.2, -0.15) is 0 Å². The Hall–Kier alpha value is -2.33. The molecule has 2 aromatic carbocycles. The highest BCUT2D eigenvalue weighted by molar-refractivity contribution is 5.79. The summed E-state index contributed by atoms with van der Waals surface area (Å²) in [5.74, 6) is 0.877. The number of hydrogen-bond acceptors (Lipinski definition) is 3. The Balaban J connectivity index is 1.17. The molecule has 1 amide bonds. The lowest BCUT2D eigenvalue weighted by Crippen LogP contribution is -2.43. The molecule has 0 radical (unpaired) electrons. The van der Waals surface area contributed by atoms with Crippen LogP contribution in [0.2, 0.25) is 0 Å². The van der Waals surface area contributed by atoms with Gasteiger partial charge in [0, 0.05) is 19.0 Å². The predicted octanol–water partition coefficient (Wildman–Crippen LogP) is 5.59. The van der Waals surface area contributed by atoms with Gasteiger partial charge in [-0.25, -0.2) is 4.79 Å². The summed E-state index contributed by atoms with van der Waals surface area (Å²) in [5, 5.41) is 10.8. The van der Waals surface area contributed by atoms with Crippen molar-refractivity contribution in [2.75, 3.05) is 19.7 Å². The Bertz CT molecular complexity index is 867. The molecule has 2 fully saturated rings. The van der Waals surface area contributed by atoms with Crippen molar-refractivity contribution >= 4 is 6.09 Å². The number of likely N-dealkylation sites (tertiary alicyclic amines) is 1. The van der Waals surface area contributed by atoms with Crippen LogP contribution in [0.5, 0.6) is 0 Å². The largest absolute Gasteiger partial charge is 0.448 e. The minimum Gasteiger partial charge on any atom is -0.448 e. The van der Waals surface area contributed by atoms with E-state index in [1.807, 2.05) is 4.90 Å². The van der Waals surface area contributed by atoms with Crippen molar-refractivity contribution in [1.29, 1.82) is 0 Å². The monoisotopic (exact) mass is 419 g/mol. The Labute approximate surface area is 185 Å². The molecule has 1 saturated carbocycles. The third-order valence-electron chi connectivity index (χ3n) is 7.75. The van der Waals surface area contributed by atoms with Crippen LogP contribution in [-0.4, -0.2) is 41.9 Å². The summed E-state index contributed by atoms with van der Waals surface area (Å²) in [7, 11) is 0. The molecular formula is C27H33NO3. The standard InChI is InChI=1S/C27H33NO3/c29-26(19-8-2-1-3-9-19)20-14-16-28(17-15-20)27(30)31-18-25-23-12-6-4-10-21(23)22-11-5-7-13-24(22)25/h4-7,10-13,19-20,25-26,29H,1-3,8-9,14-18H2. The van der Waals surface area contributed by atoms with E-state index in [1.54, 1.807) is 0 Å². The normalized spacial score (nSPS) is 20.9. The molecule has 1 heterocycles. The molecule has 5 rings (SSSR count). The van der Waals surface area contributed by atoms with Crippen LogP contribution in [0.4, 0.5) is 4.79 Å². The average Bonchev–Trinajstić information content (AvgIpc) is 3.16. The molecular weight excluding hydrogens is 386 g/mol. The molecule has 1 saturated heterocycles. The Kier molecular flexibility index (Phi) is 5.99. The number of rotatable bonds is 4. The summed E-state index contributed by atoms with van der Waals surface area (Å²) in [6.45, 7) is 1.74. The fourth-order valence-electron chi connectivity index (χ4n) is 5.97. The minimum atomic E-state index is -0.215. The second-order valence-corrected chi connectivity index (χ2v) is 9.52. The van der Waals surface area contributed by atoms with Crippen molar-refractivity contribution in [2.24, 2.45) is 11.8 Å². The number of hydrogen-bond donors (Lipinski definition) is 1. The van der Waals surface area contributed by atoms with Crippen molar-refractivity contribution in [3.8, 4) is 11.1 Å². The highest BCUT2D eigenvalue weighted by atomic mass is 16.6. The number of nitrogens with zero attached hydrogens (tertiary/aromatic N) is 1. The van der Waals surface area contributed by atoms with Crippen LogP contribution >= 0.6 is 0 Å². The first-order chi connectivity index (χ1) is 15.2. The predicted molar refractivity (Wildman–Crippen MR) is 122 cm³/mol. The van der Waals surface area contributed by atoms with Gasteiger partial charge in [-0.3, -0.25) is 0 Å². The quantitative estimate of drug-likeness (QED) is 0.703. The van der Waals surface area contributed by atoms with Gasteiger partial charge >= 0.3 is 6.09 Å². The van der Waals surface area contributed by atoms with E-state index >= 15 is 0 Å². The maximum absolute atomic E-state index is 12.8. The topological polar surface area (TPSA) is 49.8 Å². The fraction of sp³-hybridized carbons (Fsp3) is 0.519. The van der Waals surface area contributed by atoms with Crippen LogP contribution in [0.15, 0.2) is 48.5 Å². The van der Waals surface area contributed by atoms with E-state index in [4.69, 9.17) is 4.74 Å². The highest BCUT2D eigenvalue weighted by Gasteiger charge is 2.34. The molecule has 4 heteroatoms. The van der Waals surface area contributed by atoms with E-state index in [-0.39, 0.29) is 18.1 Å². The van der Waals surface area contributed by atoms with Crippen molar-refractivity contribution in [3.05, 3.63) is 59.7 Å². The van der Waals surface area contributed by atoms with Crippen LogP contribution in [0, 0.1) is 11.8 Å². The van der Waals surface area contributed by atoms with Crippen molar-refractivity contribution in [1.82, 2.24) is 4.90 Å². The second kappa shape index (κ2) is 9.04. The molecule has 31 heavy (non-hydrogen) atoms. The maximum atomic E-state index is 12.8. The molecule has 2 aromatic rings. The van der Waals surface area contributed by atoms with Gasteiger partial charge in [-0.1, -0.05) is 67.8 Å². The van der Waals surface area contributed by atoms with Gasteiger partial charge in [-0.15, -0.1) is 0 Å². The second-order valence-electron chi connectivity index (χ2n) is 9.52. The molecule has 2 aliphatic carbocycles. The SMILES string of the molecule is O=C(OCC1c2ccccc2-c2ccccc21)N1CCC(C(O)C2CCCCC2)CC1. The lowest BCUT2D eigenvalue weighted by atomic mass is 9.77. The van der Waals surface area contributed by atoms with E-state index < -0.39 is 0 Å². The Morgan fingerprint density at radius 2 is 1.42 bits per heavy atom. The van der Waals surface area contributed by atoms with Gasteiger partial charge in [-0.05, 0) is 59.8 Å². The summed E-state index contributed by atoms with van der Waals surface area (Å²) in [5.41, 5.74) is 4.98. The van der Waals surface area contributed by atoms with Crippen LogP contribution in [0.3, 0.4) is 0 Å². The minimum absolute atomic E-state index is 0.0991. The maximum Gasteiger partial charge on any atom is 0.409 e. The number of carbonyl (C=O) groups is 1. The zero-order chi connectivity index (χ0) is 21.2. The Morgan fingerprint density at radius 1 is 0.871 bits per heavy atom. The van der Waals surface area contributed by atoms with E-state index in [0.29, 0.717) is 31.5 Å². The molecule has 1 atom stereocenters.